The fourth-order valence-electron chi connectivity index (χ4n) is 3.52. The number of anilines is 1. The molecule has 0 atom stereocenters. The summed E-state index contributed by atoms with van der Waals surface area (Å²) in [5.41, 5.74) is 0.467. The molecule has 4 aromatic rings. The van der Waals surface area contributed by atoms with Crippen LogP contribution in [-0.2, 0) is 16.6 Å². The smallest absolute Gasteiger partial charge is 0.286 e. The van der Waals surface area contributed by atoms with Crippen molar-refractivity contribution in [2.24, 2.45) is 4.40 Å². The van der Waals surface area contributed by atoms with Gasteiger partial charge in [0.05, 0.1) is 17.6 Å². The van der Waals surface area contributed by atoms with Crippen LogP contribution >= 0.6 is 0 Å². The largest absolute Gasteiger partial charge is 0.506 e. The van der Waals surface area contributed by atoms with Crippen LogP contribution in [0.2, 0.25) is 0 Å². The van der Waals surface area contributed by atoms with Crippen LogP contribution < -0.4 is 10.9 Å². The minimum Gasteiger partial charge on any atom is -0.506 e. The zero-order valence-corrected chi connectivity index (χ0v) is 16.7. The number of fused-ring (bicyclic) bond motifs is 2. The summed E-state index contributed by atoms with van der Waals surface area (Å²) < 4.78 is 30.5. The van der Waals surface area contributed by atoms with Crippen LogP contribution in [0.3, 0.4) is 0 Å². The van der Waals surface area contributed by atoms with Crippen molar-refractivity contribution in [1.29, 1.82) is 0 Å². The van der Waals surface area contributed by atoms with Gasteiger partial charge in [-0.25, -0.2) is 4.98 Å². The first kappa shape index (κ1) is 18.9. The van der Waals surface area contributed by atoms with E-state index in [0.29, 0.717) is 5.39 Å². The lowest BCUT2D eigenvalue weighted by atomic mass is 10.1. The minimum absolute atomic E-state index is 0.00203. The van der Waals surface area contributed by atoms with Gasteiger partial charge >= 0.3 is 0 Å². The van der Waals surface area contributed by atoms with E-state index >= 15 is 0 Å². The Morgan fingerprint density at radius 1 is 1.00 bits per heavy atom. The van der Waals surface area contributed by atoms with E-state index in [1.165, 1.54) is 16.8 Å². The highest BCUT2D eigenvalue weighted by Crippen LogP contribution is 2.31. The summed E-state index contributed by atoms with van der Waals surface area (Å²) in [7, 11) is -4.06. The number of para-hydroxylation sites is 1. The minimum atomic E-state index is -4.06. The molecule has 31 heavy (non-hydrogen) atoms. The second-order valence-electron chi connectivity index (χ2n) is 6.88. The molecule has 0 radical (unpaired) electrons. The molecule has 0 fully saturated rings. The number of hydrogen-bond donors (Lipinski definition) is 2. The molecule has 0 bridgehead atoms. The molecule has 10 heteroatoms. The number of nitrogens with one attached hydrogen (secondary N) is 1. The van der Waals surface area contributed by atoms with Crippen LogP contribution in [-0.4, -0.2) is 33.9 Å². The first-order valence-electron chi connectivity index (χ1n) is 9.26. The van der Waals surface area contributed by atoms with Crippen LogP contribution in [0.4, 0.5) is 5.69 Å². The second-order valence-corrected chi connectivity index (χ2v) is 8.45. The summed E-state index contributed by atoms with van der Waals surface area (Å²) in [6, 6.07) is 13.0. The third kappa shape index (κ3) is 3.13. The van der Waals surface area contributed by atoms with Gasteiger partial charge in [-0.2, -0.15) is 8.42 Å². The standard InChI is InChI=1S/C21H15N5O4S/c27-18-14-4-3-9-23-20(14)26(12-13-7-10-22-11-8-13)21(28)17(18)19-24-15-5-1-2-6-16(15)31(29,30)25-19/h1-11,27H,12H2,(H,24,25). The fourth-order valence-corrected chi connectivity index (χ4v) is 4.64. The zero-order chi connectivity index (χ0) is 21.6. The Balaban J connectivity index is 1.77. The quantitative estimate of drug-likeness (QED) is 0.507. The van der Waals surface area contributed by atoms with E-state index in [9.17, 15) is 18.3 Å². The highest BCUT2D eigenvalue weighted by Gasteiger charge is 2.29. The molecule has 0 amide bonds. The van der Waals surface area contributed by atoms with E-state index in [2.05, 4.69) is 19.7 Å². The van der Waals surface area contributed by atoms with Gasteiger partial charge in [-0.3, -0.25) is 14.3 Å². The predicted octanol–water partition coefficient (Wildman–Crippen LogP) is 2.11. The number of rotatable bonds is 3. The number of aromatic hydroxyl groups is 1. The van der Waals surface area contributed by atoms with Crippen molar-refractivity contribution in [3.63, 3.8) is 0 Å². The van der Waals surface area contributed by atoms with E-state index < -0.39 is 15.6 Å². The third-order valence-electron chi connectivity index (χ3n) is 4.95. The number of benzene rings is 1. The Bertz CT molecular complexity index is 1530. The third-order valence-corrected chi connectivity index (χ3v) is 6.28. The molecule has 1 aliphatic heterocycles. The van der Waals surface area contributed by atoms with Crippen LogP contribution in [0.15, 0.2) is 81.2 Å². The van der Waals surface area contributed by atoms with Gasteiger partial charge in [0, 0.05) is 18.6 Å². The lowest BCUT2D eigenvalue weighted by Gasteiger charge is -2.20. The van der Waals surface area contributed by atoms with Gasteiger partial charge in [0.15, 0.2) is 5.84 Å². The van der Waals surface area contributed by atoms with E-state index in [1.807, 2.05) is 0 Å². The SMILES string of the molecule is O=c1c(C2=NS(=O)(=O)c3ccccc3N2)c(O)c2cccnc2n1Cc1ccncc1. The van der Waals surface area contributed by atoms with Crippen LogP contribution in [0.5, 0.6) is 5.75 Å². The molecule has 154 valence electrons. The summed E-state index contributed by atoms with van der Waals surface area (Å²) in [4.78, 5) is 21.7. The van der Waals surface area contributed by atoms with Crippen molar-refractivity contribution in [2.45, 2.75) is 11.4 Å². The first-order valence-corrected chi connectivity index (χ1v) is 10.7. The Hall–Kier alpha value is -4.05. The molecule has 2 N–H and O–H groups in total. The van der Waals surface area contributed by atoms with Crippen molar-refractivity contribution in [3.8, 4) is 5.75 Å². The van der Waals surface area contributed by atoms with Crippen molar-refractivity contribution < 1.29 is 13.5 Å². The number of sulfonamides is 1. The molecule has 3 aromatic heterocycles. The Labute approximate surface area is 176 Å². The average Bonchev–Trinajstić information content (AvgIpc) is 2.77. The van der Waals surface area contributed by atoms with Crippen LogP contribution in [0.1, 0.15) is 11.1 Å². The molecular formula is C21H15N5O4S. The summed E-state index contributed by atoms with van der Waals surface area (Å²) in [5.74, 6) is -0.629. The Kier molecular flexibility index (Phi) is 4.29. The lowest BCUT2D eigenvalue weighted by molar-refractivity contribution is 0.477. The topological polar surface area (TPSA) is 127 Å². The maximum absolute atomic E-state index is 13.5. The number of pyridine rings is 3. The number of hydrogen-bond acceptors (Lipinski definition) is 7. The van der Waals surface area contributed by atoms with Crippen molar-refractivity contribution in [1.82, 2.24) is 14.5 Å². The summed E-state index contributed by atoms with van der Waals surface area (Å²) in [6.07, 6.45) is 4.72. The number of amidine groups is 1. The highest BCUT2D eigenvalue weighted by atomic mass is 32.2. The Morgan fingerprint density at radius 3 is 2.58 bits per heavy atom. The van der Waals surface area contributed by atoms with Gasteiger partial charge in [-0.15, -0.1) is 4.40 Å². The van der Waals surface area contributed by atoms with Gasteiger partial charge in [0.2, 0.25) is 0 Å². The van der Waals surface area contributed by atoms with E-state index in [0.717, 1.165) is 5.56 Å². The molecule has 5 rings (SSSR count). The second kappa shape index (κ2) is 7.03. The molecule has 1 aliphatic rings. The normalized spacial score (nSPS) is 14.5. The molecule has 9 nitrogen and oxygen atoms in total. The highest BCUT2D eigenvalue weighted by molar-refractivity contribution is 7.90. The molecule has 0 spiro atoms. The maximum atomic E-state index is 13.5. The molecule has 0 saturated carbocycles. The number of aromatic nitrogens is 3. The van der Waals surface area contributed by atoms with Gasteiger partial charge in [-0.1, -0.05) is 12.1 Å². The van der Waals surface area contributed by atoms with Crippen molar-refractivity contribution >= 4 is 32.6 Å². The van der Waals surface area contributed by atoms with Crippen molar-refractivity contribution in [2.75, 3.05) is 5.32 Å². The molecule has 0 unspecified atom stereocenters. The van der Waals surface area contributed by atoms with Gasteiger partial charge < -0.3 is 10.4 Å². The fraction of sp³-hybridized carbons (Fsp3) is 0.0476. The summed E-state index contributed by atoms with van der Waals surface area (Å²) in [5, 5.41) is 14.1. The summed E-state index contributed by atoms with van der Waals surface area (Å²) in [6.45, 7) is 0.152. The molecular weight excluding hydrogens is 418 g/mol. The monoisotopic (exact) mass is 433 g/mol. The maximum Gasteiger partial charge on any atom is 0.286 e. The van der Waals surface area contributed by atoms with Gasteiger partial charge in [0.1, 0.15) is 21.9 Å². The summed E-state index contributed by atoms with van der Waals surface area (Å²) >= 11 is 0. The first-order chi connectivity index (χ1) is 15.0. The van der Waals surface area contributed by atoms with E-state index in [4.69, 9.17) is 0 Å². The molecule has 4 heterocycles. The van der Waals surface area contributed by atoms with E-state index in [1.54, 1.807) is 54.9 Å². The Morgan fingerprint density at radius 2 is 1.77 bits per heavy atom. The molecule has 1 aromatic carbocycles. The van der Waals surface area contributed by atoms with Gasteiger partial charge in [0.25, 0.3) is 15.6 Å². The van der Waals surface area contributed by atoms with E-state index in [-0.39, 0.29) is 39.9 Å². The predicted molar refractivity (Wildman–Crippen MR) is 115 cm³/mol. The molecule has 0 aliphatic carbocycles. The zero-order valence-electron chi connectivity index (χ0n) is 15.9. The van der Waals surface area contributed by atoms with Crippen molar-refractivity contribution in [3.05, 3.63) is 88.6 Å². The van der Waals surface area contributed by atoms with Gasteiger partial charge in [-0.05, 0) is 42.0 Å². The van der Waals surface area contributed by atoms with Crippen LogP contribution in [0, 0.1) is 0 Å². The molecule has 0 saturated heterocycles. The van der Waals surface area contributed by atoms with Crippen LogP contribution in [0.25, 0.3) is 11.0 Å². The number of nitrogens with zero attached hydrogens (tertiary/aromatic N) is 4. The lowest BCUT2D eigenvalue weighted by Crippen LogP contribution is -2.33. The average molecular weight is 433 g/mol.